The molecular formula is C30H32N2O3. The highest BCUT2D eigenvalue weighted by Crippen LogP contribution is 2.65. The van der Waals surface area contributed by atoms with Crippen LogP contribution in [-0.4, -0.2) is 28.7 Å². The van der Waals surface area contributed by atoms with Crippen LogP contribution < -0.4 is 5.32 Å². The first kappa shape index (κ1) is 22.3. The predicted molar refractivity (Wildman–Crippen MR) is 134 cm³/mol. The predicted octanol–water partition coefficient (Wildman–Crippen LogP) is 4.41. The van der Waals surface area contributed by atoms with Crippen LogP contribution in [0, 0.1) is 35.5 Å². The fourth-order valence-corrected chi connectivity index (χ4v) is 7.04. The summed E-state index contributed by atoms with van der Waals surface area (Å²) in [6.07, 6.45) is 7.36. The Morgan fingerprint density at radius 1 is 0.886 bits per heavy atom. The van der Waals surface area contributed by atoms with Gasteiger partial charge >= 0.3 is 0 Å². The number of nitrogens with one attached hydrogen (secondary N) is 1. The Morgan fingerprint density at radius 2 is 1.46 bits per heavy atom. The van der Waals surface area contributed by atoms with E-state index in [-0.39, 0.29) is 41.4 Å². The molecule has 1 heterocycles. The number of hydrogen-bond donors (Lipinski definition) is 1. The number of amides is 3. The lowest BCUT2D eigenvalue weighted by Gasteiger charge is -2.37. The van der Waals surface area contributed by atoms with Crippen LogP contribution in [0.1, 0.15) is 37.0 Å². The van der Waals surface area contributed by atoms with E-state index in [9.17, 15) is 14.4 Å². The molecule has 5 aliphatic rings. The van der Waals surface area contributed by atoms with Crippen molar-refractivity contribution < 1.29 is 14.4 Å². The van der Waals surface area contributed by atoms with Crippen LogP contribution in [0.15, 0.2) is 60.7 Å². The lowest BCUT2D eigenvalue weighted by Crippen LogP contribution is -2.49. The average molecular weight is 469 g/mol. The highest BCUT2D eigenvalue weighted by atomic mass is 16.2. The molecule has 1 aliphatic heterocycles. The maximum Gasteiger partial charge on any atom is 0.248 e. The molecule has 3 fully saturated rings. The molecule has 2 saturated carbocycles. The Morgan fingerprint density at radius 3 is 2.00 bits per heavy atom. The second kappa shape index (κ2) is 8.47. The van der Waals surface area contributed by atoms with Gasteiger partial charge in [0.2, 0.25) is 17.7 Å². The monoisotopic (exact) mass is 468 g/mol. The minimum absolute atomic E-state index is 0.143. The summed E-state index contributed by atoms with van der Waals surface area (Å²) >= 11 is 0. The Hall–Kier alpha value is -3.21. The molecule has 5 nitrogen and oxygen atoms in total. The first-order chi connectivity index (χ1) is 17.0. The van der Waals surface area contributed by atoms with Gasteiger partial charge in [0.05, 0.1) is 11.8 Å². The Kier molecular flexibility index (Phi) is 5.39. The van der Waals surface area contributed by atoms with Gasteiger partial charge in [-0.05, 0) is 59.6 Å². The fraction of sp³-hybridized carbons (Fsp3) is 0.433. The highest BCUT2D eigenvalue weighted by molar-refractivity contribution is 6.11. The van der Waals surface area contributed by atoms with Gasteiger partial charge in [-0.2, -0.15) is 0 Å². The largest absolute Gasteiger partial charge is 0.324 e. The second-order valence-electron chi connectivity index (χ2n) is 10.6. The summed E-state index contributed by atoms with van der Waals surface area (Å²) in [6.45, 7) is 4.14. The van der Waals surface area contributed by atoms with E-state index >= 15 is 0 Å². The van der Waals surface area contributed by atoms with Gasteiger partial charge < -0.3 is 5.32 Å². The molecule has 2 aromatic carbocycles. The molecule has 7 atom stereocenters. The number of nitrogens with zero attached hydrogens (tertiary/aromatic N) is 1. The second-order valence-corrected chi connectivity index (χ2v) is 10.6. The third kappa shape index (κ3) is 3.47. The quantitative estimate of drug-likeness (QED) is 0.483. The summed E-state index contributed by atoms with van der Waals surface area (Å²) in [4.78, 5) is 42.9. The molecule has 35 heavy (non-hydrogen) atoms. The van der Waals surface area contributed by atoms with Crippen LogP contribution in [0.2, 0.25) is 0 Å². The van der Waals surface area contributed by atoms with E-state index in [1.807, 2.05) is 48.5 Å². The molecule has 7 rings (SSSR count). The van der Waals surface area contributed by atoms with Crippen LogP contribution >= 0.6 is 0 Å². The van der Waals surface area contributed by atoms with Crippen LogP contribution in [-0.2, 0) is 33.6 Å². The number of aryl methyl sites for hydroxylation is 2. The number of allylic oxidation sites excluding steroid dienone is 2. The van der Waals surface area contributed by atoms with Gasteiger partial charge in [0.1, 0.15) is 6.04 Å². The summed E-state index contributed by atoms with van der Waals surface area (Å²) in [5, 5.41) is 3.16. The average Bonchev–Trinajstić information content (AvgIpc) is 3.67. The van der Waals surface area contributed by atoms with Crippen molar-refractivity contribution in [1.82, 2.24) is 4.90 Å². The third-order valence-electron chi connectivity index (χ3n) is 8.83. The van der Waals surface area contributed by atoms with Crippen LogP contribution in [0.3, 0.4) is 0 Å². The molecule has 4 aliphatic carbocycles. The zero-order chi connectivity index (χ0) is 24.3. The van der Waals surface area contributed by atoms with E-state index in [0.29, 0.717) is 18.3 Å². The van der Waals surface area contributed by atoms with Gasteiger partial charge in [-0.1, -0.05) is 74.5 Å². The molecule has 0 unspecified atom stereocenters. The number of para-hydroxylation sites is 1. The summed E-state index contributed by atoms with van der Waals surface area (Å²) in [6, 6.07) is 14.9. The van der Waals surface area contributed by atoms with Crippen molar-refractivity contribution in [3.05, 3.63) is 77.4 Å². The number of hydrogen-bond acceptors (Lipinski definition) is 3. The molecule has 180 valence electrons. The van der Waals surface area contributed by atoms with E-state index in [0.717, 1.165) is 41.6 Å². The van der Waals surface area contributed by atoms with Gasteiger partial charge in [0.15, 0.2) is 0 Å². The smallest absolute Gasteiger partial charge is 0.248 e. The zero-order valence-electron chi connectivity index (χ0n) is 20.3. The van der Waals surface area contributed by atoms with E-state index in [2.05, 4.69) is 31.3 Å². The van der Waals surface area contributed by atoms with Crippen molar-refractivity contribution in [2.75, 3.05) is 5.32 Å². The number of likely N-dealkylation sites (tertiary alicyclic amines) is 1. The first-order valence-corrected chi connectivity index (χ1v) is 13.0. The summed E-state index contributed by atoms with van der Waals surface area (Å²) in [5.74, 6) is 0.160. The van der Waals surface area contributed by atoms with Crippen LogP contribution in [0.25, 0.3) is 0 Å². The third-order valence-corrected chi connectivity index (χ3v) is 8.83. The maximum absolute atomic E-state index is 13.9. The van der Waals surface area contributed by atoms with E-state index in [4.69, 9.17) is 0 Å². The molecule has 2 aromatic rings. The van der Waals surface area contributed by atoms with E-state index in [1.165, 1.54) is 4.90 Å². The van der Waals surface area contributed by atoms with Crippen molar-refractivity contribution in [2.45, 2.75) is 45.6 Å². The molecule has 0 spiro atoms. The molecule has 1 N–H and O–H groups in total. The number of carbonyl (C=O) groups is 3. The lowest BCUT2D eigenvalue weighted by atomic mass is 9.63. The molecule has 5 heteroatoms. The maximum atomic E-state index is 13.9. The number of carbonyl (C=O) groups excluding carboxylic acids is 3. The minimum Gasteiger partial charge on any atom is -0.324 e. The number of rotatable bonds is 7. The van der Waals surface area contributed by atoms with Crippen molar-refractivity contribution >= 4 is 23.4 Å². The first-order valence-electron chi connectivity index (χ1n) is 13.0. The molecule has 3 amide bonds. The molecule has 0 radical (unpaired) electrons. The Balaban J connectivity index is 1.35. The molecule has 0 aromatic heterocycles. The fourth-order valence-electron chi connectivity index (χ4n) is 7.04. The van der Waals surface area contributed by atoms with Gasteiger partial charge in [-0.3, -0.25) is 19.3 Å². The summed E-state index contributed by atoms with van der Waals surface area (Å²) in [7, 11) is 0. The van der Waals surface area contributed by atoms with E-state index in [1.54, 1.807) is 0 Å². The van der Waals surface area contributed by atoms with Crippen molar-refractivity contribution in [3.63, 3.8) is 0 Å². The van der Waals surface area contributed by atoms with Gasteiger partial charge in [0, 0.05) is 12.1 Å². The molecule has 1 saturated heterocycles. The number of anilines is 1. The normalized spacial score (nSPS) is 30.7. The van der Waals surface area contributed by atoms with Gasteiger partial charge in [-0.25, -0.2) is 0 Å². The van der Waals surface area contributed by atoms with Crippen molar-refractivity contribution in [1.29, 1.82) is 0 Å². The van der Waals surface area contributed by atoms with E-state index < -0.39 is 6.04 Å². The summed E-state index contributed by atoms with van der Waals surface area (Å²) < 4.78 is 0. The number of benzene rings is 2. The Bertz CT molecular complexity index is 1160. The van der Waals surface area contributed by atoms with Crippen LogP contribution in [0.4, 0.5) is 5.69 Å². The van der Waals surface area contributed by atoms with Crippen molar-refractivity contribution in [3.8, 4) is 0 Å². The molecular weight excluding hydrogens is 436 g/mol. The lowest BCUT2D eigenvalue weighted by molar-refractivity contribution is -0.146. The van der Waals surface area contributed by atoms with Crippen LogP contribution in [0.5, 0.6) is 0 Å². The number of imide groups is 1. The molecule has 2 bridgehead atoms. The van der Waals surface area contributed by atoms with Gasteiger partial charge in [0.25, 0.3) is 0 Å². The SMILES string of the molecule is CCc1cccc(CC)c1NC(=O)[C@H](Cc1ccccc1)N1C(=O)[C@H]2[C@@H]3C=C[C@H]([C@H]4C[C@H]34)[C@@H]2C1=O. The minimum atomic E-state index is -0.867. The zero-order valence-corrected chi connectivity index (χ0v) is 20.3. The van der Waals surface area contributed by atoms with Crippen molar-refractivity contribution in [2.24, 2.45) is 35.5 Å². The standard InChI is InChI=1S/C30H32N2O3/c1-3-18-11-8-12-19(4-2)27(18)31-28(33)24(15-17-9-6-5-7-10-17)32-29(34)25-20-13-14-21(23-16-22(20)23)26(25)30(32)35/h5-14,20-26H,3-4,15-16H2,1-2H3,(H,31,33)/t20-,21-,22-,23-,24+,25+,26+/m1/s1. The summed E-state index contributed by atoms with van der Waals surface area (Å²) in [5.41, 5.74) is 3.88. The topological polar surface area (TPSA) is 66.5 Å². The Labute approximate surface area is 206 Å². The van der Waals surface area contributed by atoms with Gasteiger partial charge in [-0.15, -0.1) is 0 Å². The highest BCUT2D eigenvalue weighted by Gasteiger charge is 2.67.